The van der Waals surface area contributed by atoms with E-state index in [4.69, 9.17) is 0 Å². The summed E-state index contributed by atoms with van der Waals surface area (Å²) in [6, 6.07) is 6.59. The molecule has 1 aromatic rings. The fraction of sp³-hybridized carbons (Fsp3) is 0.533. The van der Waals surface area contributed by atoms with Crippen molar-refractivity contribution >= 4 is 17.3 Å². The van der Waals surface area contributed by atoms with E-state index in [1.54, 1.807) is 6.92 Å². The van der Waals surface area contributed by atoms with Gasteiger partial charge in [-0.25, -0.2) is 0 Å². The number of hydrogen-bond donors (Lipinski definition) is 1. The maximum Gasteiger partial charge on any atom is 0.223 e. The highest BCUT2D eigenvalue weighted by atomic mass is 16.2. The van der Waals surface area contributed by atoms with Crippen LogP contribution in [0.4, 0.5) is 11.4 Å². The summed E-state index contributed by atoms with van der Waals surface area (Å²) in [6.45, 7) is 6.67. The lowest BCUT2D eigenvalue weighted by Gasteiger charge is -2.33. The van der Waals surface area contributed by atoms with Gasteiger partial charge in [-0.05, 0) is 30.5 Å². The largest absolute Gasteiger partial charge is 0.369 e. The van der Waals surface area contributed by atoms with Gasteiger partial charge in [-0.2, -0.15) is 0 Å². The number of fused-ring (bicyclic) bond motifs is 1. The number of nitrogens with zero attached hydrogens (tertiary/aromatic N) is 2. The van der Waals surface area contributed by atoms with Crippen molar-refractivity contribution in [3.05, 3.63) is 23.8 Å². The molecule has 1 fully saturated rings. The zero-order valence-corrected chi connectivity index (χ0v) is 11.5. The zero-order valence-electron chi connectivity index (χ0n) is 11.5. The molecule has 0 saturated carbocycles. The summed E-state index contributed by atoms with van der Waals surface area (Å²) in [6.07, 6.45) is 2.15. The first kappa shape index (κ1) is 12.5. The molecular weight excluding hydrogens is 238 g/mol. The van der Waals surface area contributed by atoms with Crippen LogP contribution >= 0.6 is 0 Å². The Morgan fingerprint density at radius 3 is 2.74 bits per heavy atom. The molecule has 2 heterocycles. The van der Waals surface area contributed by atoms with Crippen LogP contribution < -0.4 is 15.1 Å². The quantitative estimate of drug-likeness (QED) is 0.828. The van der Waals surface area contributed by atoms with E-state index in [2.05, 4.69) is 28.4 Å². The van der Waals surface area contributed by atoms with Gasteiger partial charge in [0.25, 0.3) is 0 Å². The SMILES string of the molecule is CC(=O)N1CCCc2ccc(N3CCNCC3)cc21. The second kappa shape index (κ2) is 5.21. The summed E-state index contributed by atoms with van der Waals surface area (Å²) >= 11 is 0. The highest BCUT2D eigenvalue weighted by Crippen LogP contribution is 2.31. The molecule has 0 atom stereocenters. The molecule has 19 heavy (non-hydrogen) atoms. The van der Waals surface area contributed by atoms with Gasteiger partial charge in [-0.15, -0.1) is 0 Å². The van der Waals surface area contributed by atoms with E-state index in [0.717, 1.165) is 51.3 Å². The van der Waals surface area contributed by atoms with Crippen LogP contribution in [0.5, 0.6) is 0 Å². The van der Waals surface area contributed by atoms with E-state index in [9.17, 15) is 4.79 Å². The van der Waals surface area contributed by atoms with Crippen LogP contribution in [-0.4, -0.2) is 38.6 Å². The van der Waals surface area contributed by atoms with Crippen molar-refractivity contribution in [3.63, 3.8) is 0 Å². The Kier molecular flexibility index (Phi) is 3.42. The third kappa shape index (κ3) is 2.45. The van der Waals surface area contributed by atoms with E-state index in [-0.39, 0.29) is 5.91 Å². The van der Waals surface area contributed by atoms with E-state index >= 15 is 0 Å². The van der Waals surface area contributed by atoms with Gasteiger partial charge in [-0.3, -0.25) is 4.79 Å². The van der Waals surface area contributed by atoms with Crippen molar-refractivity contribution in [1.82, 2.24) is 5.32 Å². The molecule has 0 aliphatic carbocycles. The fourth-order valence-electron chi connectivity index (χ4n) is 3.01. The number of benzene rings is 1. The summed E-state index contributed by atoms with van der Waals surface area (Å²) in [5.74, 6) is 0.151. The smallest absolute Gasteiger partial charge is 0.223 e. The van der Waals surface area contributed by atoms with Crippen LogP contribution in [0.15, 0.2) is 18.2 Å². The van der Waals surface area contributed by atoms with Crippen LogP contribution in [0.3, 0.4) is 0 Å². The Labute approximate surface area is 114 Å². The second-order valence-corrected chi connectivity index (χ2v) is 5.32. The molecule has 1 amide bonds. The number of anilines is 2. The predicted molar refractivity (Wildman–Crippen MR) is 77.9 cm³/mol. The van der Waals surface area contributed by atoms with Crippen molar-refractivity contribution in [2.24, 2.45) is 0 Å². The molecule has 0 bridgehead atoms. The lowest BCUT2D eigenvalue weighted by Crippen LogP contribution is -2.43. The van der Waals surface area contributed by atoms with E-state index in [1.807, 2.05) is 4.90 Å². The lowest BCUT2D eigenvalue weighted by atomic mass is 10.0. The molecule has 102 valence electrons. The molecule has 2 aliphatic heterocycles. The second-order valence-electron chi connectivity index (χ2n) is 5.32. The maximum absolute atomic E-state index is 11.8. The van der Waals surface area contributed by atoms with Crippen molar-refractivity contribution in [3.8, 4) is 0 Å². The summed E-state index contributed by atoms with van der Waals surface area (Å²) in [4.78, 5) is 16.1. The van der Waals surface area contributed by atoms with Crippen molar-refractivity contribution in [1.29, 1.82) is 0 Å². The van der Waals surface area contributed by atoms with Crippen molar-refractivity contribution in [2.45, 2.75) is 19.8 Å². The van der Waals surface area contributed by atoms with Gasteiger partial charge < -0.3 is 15.1 Å². The molecule has 1 aromatic carbocycles. The van der Waals surface area contributed by atoms with Gasteiger partial charge in [0.15, 0.2) is 0 Å². The third-order valence-corrected chi connectivity index (χ3v) is 4.05. The number of carbonyl (C=O) groups excluding carboxylic acids is 1. The minimum Gasteiger partial charge on any atom is -0.369 e. The summed E-state index contributed by atoms with van der Waals surface area (Å²) in [5, 5.41) is 3.37. The van der Waals surface area contributed by atoms with Gasteiger partial charge in [0.2, 0.25) is 5.91 Å². The standard InChI is InChI=1S/C15H21N3O/c1-12(19)18-8-2-3-13-4-5-14(11-15(13)18)17-9-6-16-7-10-17/h4-5,11,16H,2-3,6-10H2,1H3. The van der Waals surface area contributed by atoms with Gasteiger partial charge in [0.1, 0.15) is 0 Å². The molecule has 0 aromatic heterocycles. The molecule has 1 N–H and O–H groups in total. The van der Waals surface area contributed by atoms with Crippen molar-refractivity contribution < 1.29 is 4.79 Å². The van der Waals surface area contributed by atoms with E-state index < -0.39 is 0 Å². The van der Waals surface area contributed by atoms with Crippen LogP contribution in [0, 0.1) is 0 Å². The highest BCUT2D eigenvalue weighted by molar-refractivity contribution is 5.93. The first-order chi connectivity index (χ1) is 9.25. The zero-order chi connectivity index (χ0) is 13.2. The molecule has 3 rings (SSSR count). The Balaban J connectivity index is 1.92. The topological polar surface area (TPSA) is 35.6 Å². The summed E-state index contributed by atoms with van der Waals surface area (Å²) in [5.41, 5.74) is 3.67. The lowest BCUT2D eigenvalue weighted by molar-refractivity contribution is -0.116. The summed E-state index contributed by atoms with van der Waals surface area (Å²) < 4.78 is 0. The van der Waals surface area contributed by atoms with Gasteiger partial charge in [0.05, 0.1) is 0 Å². The Morgan fingerprint density at radius 2 is 2.00 bits per heavy atom. The number of nitrogens with one attached hydrogen (secondary N) is 1. The first-order valence-corrected chi connectivity index (χ1v) is 7.12. The molecule has 4 nitrogen and oxygen atoms in total. The molecule has 0 unspecified atom stereocenters. The van der Waals surface area contributed by atoms with Crippen LogP contribution in [0.1, 0.15) is 18.9 Å². The minimum atomic E-state index is 0.151. The highest BCUT2D eigenvalue weighted by Gasteiger charge is 2.21. The Hall–Kier alpha value is -1.55. The van der Waals surface area contributed by atoms with Gasteiger partial charge >= 0.3 is 0 Å². The van der Waals surface area contributed by atoms with E-state index in [0.29, 0.717) is 0 Å². The normalized spacial score (nSPS) is 19.2. The monoisotopic (exact) mass is 259 g/mol. The Morgan fingerprint density at radius 1 is 1.21 bits per heavy atom. The van der Waals surface area contributed by atoms with Crippen LogP contribution in [-0.2, 0) is 11.2 Å². The molecule has 2 aliphatic rings. The predicted octanol–water partition coefficient (Wildman–Crippen LogP) is 1.40. The average Bonchev–Trinajstić information content (AvgIpc) is 2.47. The maximum atomic E-state index is 11.8. The number of piperazine rings is 1. The Bertz CT molecular complexity index is 480. The number of amides is 1. The summed E-state index contributed by atoms with van der Waals surface area (Å²) in [7, 11) is 0. The molecule has 0 radical (unpaired) electrons. The van der Waals surface area contributed by atoms with Gasteiger partial charge in [0, 0.05) is 51.0 Å². The molecular formula is C15H21N3O. The molecule has 0 spiro atoms. The average molecular weight is 259 g/mol. The van der Waals surface area contributed by atoms with E-state index in [1.165, 1.54) is 11.3 Å². The van der Waals surface area contributed by atoms with Gasteiger partial charge in [-0.1, -0.05) is 6.07 Å². The van der Waals surface area contributed by atoms with Crippen molar-refractivity contribution in [2.75, 3.05) is 42.5 Å². The number of rotatable bonds is 1. The number of hydrogen-bond acceptors (Lipinski definition) is 3. The van der Waals surface area contributed by atoms with Crippen LogP contribution in [0.2, 0.25) is 0 Å². The number of carbonyl (C=O) groups is 1. The minimum absolute atomic E-state index is 0.151. The molecule has 1 saturated heterocycles. The molecule has 4 heteroatoms. The fourth-order valence-corrected chi connectivity index (χ4v) is 3.01. The van der Waals surface area contributed by atoms with Crippen LogP contribution in [0.25, 0.3) is 0 Å². The third-order valence-electron chi connectivity index (χ3n) is 4.05. The number of aryl methyl sites for hydroxylation is 1. The first-order valence-electron chi connectivity index (χ1n) is 7.12.